The molecule has 0 saturated carbocycles. The predicted octanol–water partition coefficient (Wildman–Crippen LogP) is 3.43. The van der Waals surface area contributed by atoms with E-state index in [-0.39, 0.29) is 5.92 Å². The third kappa shape index (κ3) is 3.34. The third-order valence-electron chi connectivity index (χ3n) is 4.06. The van der Waals surface area contributed by atoms with Crippen molar-refractivity contribution in [3.8, 4) is 0 Å². The third-order valence-corrected chi connectivity index (χ3v) is 4.06. The van der Waals surface area contributed by atoms with Crippen LogP contribution in [0.3, 0.4) is 0 Å². The van der Waals surface area contributed by atoms with Crippen LogP contribution in [-0.4, -0.2) is 30.6 Å². The van der Waals surface area contributed by atoms with Crippen molar-refractivity contribution in [1.29, 1.82) is 0 Å². The van der Waals surface area contributed by atoms with E-state index in [0.29, 0.717) is 0 Å². The molecule has 0 aromatic heterocycles. The maximum absolute atomic E-state index is 11.5. The van der Waals surface area contributed by atoms with Gasteiger partial charge in [0, 0.05) is 12.5 Å². The van der Waals surface area contributed by atoms with E-state index < -0.39 is 5.60 Å². The van der Waals surface area contributed by atoms with E-state index >= 15 is 0 Å². The zero-order valence-corrected chi connectivity index (χ0v) is 13.4. The summed E-state index contributed by atoms with van der Waals surface area (Å²) in [4.78, 5) is 2.12. The van der Waals surface area contributed by atoms with Gasteiger partial charge in [-0.25, -0.2) is 0 Å². The van der Waals surface area contributed by atoms with Gasteiger partial charge in [0.15, 0.2) is 0 Å². The second-order valence-electron chi connectivity index (χ2n) is 6.16. The molecular formula is C19H25NO. The van der Waals surface area contributed by atoms with Gasteiger partial charge in [0.25, 0.3) is 0 Å². The Morgan fingerprint density at radius 2 is 1.48 bits per heavy atom. The van der Waals surface area contributed by atoms with Gasteiger partial charge in [-0.1, -0.05) is 67.1 Å². The Kier molecular flexibility index (Phi) is 4.81. The molecule has 1 N–H and O–H groups in total. The topological polar surface area (TPSA) is 23.5 Å². The largest absolute Gasteiger partial charge is 0.380 e. The lowest BCUT2D eigenvalue weighted by molar-refractivity contribution is 0.0134. The summed E-state index contributed by atoms with van der Waals surface area (Å²) in [7, 11) is 4.08. The fraction of sp³-hybridized carbons (Fsp3) is 0.368. The molecule has 0 radical (unpaired) electrons. The summed E-state index contributed by atoms with van der Waals surface area (Å²) in [6, 6.07) is 18.2. The molecule has 0 saturated heterocycles. The summed E-state index contributed by atoms with van der Waals surface area (Å²) in [5.41, 5.74) is 2.13. The molecule has 0 spiro atoms. The summed E-state index contributed by atoms with van der Waals surface area (Å²) in [6.07, 6.45) is 0. The van der Waals surface area contributed by atoms with Gasteiger partial charge in [-0.15, -0.1) is 0 Å². The van der Waals surface area contributed by atoms with E-state index in [4.69, 9.17) is 0 Å². The average molecular weight is 283 g/mol. The molecule has 2 nitrogen and oxygen atoms in total. The van der Waals surface area contributed by atoms with Crippen LogP contribution in [0.4, 0.5) is 0 Å². The average Bonchev–Trinajstić information content (AvgIpc) is 2.47. The smallest absolute Gasteiger partial charge is 0.118 e. The van der Waals surface area contributed by atoms with Gasteiger partial charge in [-0.3, -0.25) is 0 Å². The summed E-state index contributed by atoms with van der Waals surface area (Å²) in [5.74, 6) is 0.0811. The normalized spacial score (nSPS) is 15.7. The van der Waals surface area contributed by atoms with E-state index in [0.717, 1.165) is 17.7 Å². The molecule has 0 aliphatic heterocycles. The standard InChI is InChI=1S/C19H25NO/c1-15-10-12-18(13-11-15)19(21,16(2)14-20(3)4)17-8-6-5-7-9-17/h5-13,16,21H,14H2,1-4H3/t16-,19+/m1/s1. The molecule has 112 valence electrons. The van der Waals surface area contributed by atoms with Crippen LogP contribution in [0.2, 0.25) is 0 Å². The van der Waals surface area contributed by atoms with E-state index in [9.17, 15) is 5.11 Å². The maximum atomic E-state index is 11.5. The van der Waals surface area contributed by atoms with Crippen LogP contribution in [0, 0.1) is 12.8 Å². The van der Waals surface area contributed by atoms with Gasteiger partial charge < -0.3 is 10.0 Å². The van der Waals surface area contributed by atoms with Gasteiger partial charge in [0.05, 0.1) is 0 Å². The number of aryl methyl sites for hydroxylation is 1. The Hall–Kier alpha value is -1.64. The molecule has 2 aromatic rings. The van der Waals surface area contributed by atoms with Gasteiger partial charge >= 0.3 is 0 Å². The van der Waals surface area contributed by atoms with E-state index in [1.807, 2.05) is 56.6 Å². The number of rotatable bonds is 5. The van der Waals surface area contributed by atoms with Crippen molar-refractivity contribution in [1.82, 2.24) is 4.90 Å². The minimum atomic E-state index is -0.973. The monoisotopic (exact) mass is 283 g/mol. The van der Waals surface area contributed by atoms with Crippen LogP contribution in [0.25, 0.3) is 0 Å². The molecule has 0 unspecified atom stereocenters. The second kappa shape index (κ2) is 6.42. The lowest BCUT2D eigenvalue weighted by Crippen LogP contribution is -2.40. The Morgan fingerprint density at radius 1 is 0.952 bits per heavy atom. The number of benzene rings is 2. The number of hydrogen-bond acceptors (Lipinski definition) is 2. The Bertz CT molecular complexity index is 562. The zero-order valence-electron chi connectivity index (χ0n) is 13.4. The van der Waals surface area contributed by atoms with Crippen molar-refractivity contribution in [3.05, 3.63) is 71.3 Å². The van der Waals surface area contributed by atoms with E-state index in [2.05, 4.69) is 30.9 Å². The van der Waals surface area contributed by atoms with Gasteiger partial charge in [-0.2, -0.15) is 0 Å². The van der Waals surface area contributed by atoms with Crippen LogP contribution in [-0.2, 0) is 5.60 Å². The quantitative estimate of drug-likeness (QED) is 0.909. The molecule has 0 aliphatic carbocycles. The van der Waals surface area contributed by atoms with Gasteiger partial charge in [0.1, 0.15) is 5.60 Å². The van der Waals surface area contributed by atoms with Crippen LogP contribution >= 0.6 is 0 Å². The first-order chi connectivity index (χ1) is 9.94. The lowest BCUT2D eigenvalue weighted by atomic mass is 9.76. The highest BCUT2D eigenvalue weighted by Gasteiger charge is 2.37. The van der Waals surface area contributed by atoms with Crippen molar-refractivity contribution in [2.45, 2.75) is 19.4 Å². The van der Waals surface area contributed by atoms with Crippen LogP contribution in [0.5, 0.6) is 0 Å². The molecule has 2 atom stereocenters. The molecular weight excluding hydrogens is 258 g/mol. The molecule has 0 heterocycles. The Labute approximate surface area is 128 Å². The van der Waals surface area contributed by atoms with Crippen molar-refractivity contribution < 1.29 is 5.11 Å². The minimum Gasteiger partial charge on any atom is -0.380 e. The fourth-order valence-electron chi connectivity index (χ4n) is 2.92. The van der Waals surface area contributed by atoms with Crippen molar-refractivity contribution in [3.63, 3.8) is 0 Å². The van der Waals surface area contributed by atoms with Crippen molar-refractivity contribution >= 4 is 0 Å². The summed E-state index contributed by atoms with van der Waals surface area (Å²) >= 11 is 0. The highest BCUT2D eigenvalue weighted by molar-refractivity contribution is 5.38. The summed E-state index contributed by atoms with van der Waals surface area (Å²) < 4.78 is 0. The number of nitrogens with zero attached hydrogens (tertiary/aromatic N) is 1. The zero-order chi connectivity index (χ0) is 15.5. The Morgan fingerprint density at radius 3 is 2.00 bits per heavy atom. The van der Waals surface area contributed by atoms with Crippen LogP contribution < -0.4 is 0 Å². The van der Waals surface area contributed by atoms with Crippen LogP contribution in [0.15, 0.2) is 54.6 Å². The molecule has 0 amide bonds. The summed E-state index contributed by atoms with van der Waals surface area (Å²) in [6.45, 7) is 4.99. The summed E-state index contributed by atoms with van der Waals surface area (Å²) in [5, 5.41) is 11.5. The predicted molar refractivity (Wildman–Crippen MR) is 88.3 cm³/mol. The first-order valence-corrected chi connectivity index (χ1v) is 7.44. The first-order valence-electron chi connectivity index (χ1n) is 7.44. The molecule has 2 aromatic carbocycles. The van der Waals surface area contributed by atoms with E-state index in [1.54, 1.807) is 0 Å². The van der Waals surface area contributed by atoms with Crippen molar-refractivity contribution in [2.24, 2.45) is 5.92 Å². The maximum Gasteiger partial charge on any atom is 0.118 e. The number of aliphatic hydroxyl groups is 1. The molecule has 0 fully saturated rings. The van der Waals surface area contributed by atoms with Crippen LogP contribution in [0.1, 0.15) is 23.6 Å². The molecule has 2 heteroatoms. The fourth-order valence-corrected chi connectivity index (χ4v) is 2.92. The highest BCUT2D eigenvalue weighted by Crippen LogP contribution is 2.37. The highest BCUT2D eigenvalue weighted by atomic mass is 16.3. The van der Waals surface area contributed by atoms with Crippen molar-refractivity contribution in [2.75, 3.05) is 20.6 Å². The lowest BCUT2D eigenvalue weighted by Gasteiger charge is -2.37. The second-order valence-corrected chi connectivity index (χ2v) is 6.16. The van der Waals surface area contributed by atoms with Gasteiger partial charge in [-0.05, 0) is 32.1 Å². The van der Waals surface area contributed by atoms with E-state index in [1.165, 1.54) is 5.56 Å². The number of hydrogen-bond donors (Lipinski definition) is 1. The first kappa shape index (κ1) is 15.7. The Balaban J connectivity index is 2.50. The molecule has 0 bridgehead atoms. The molecule has 2 rings (SSSR count). The minimum absolute atomic E-state index is 0.0811. The SMILES string of the molecule is Cc1ccc([C@@](O)(c2ccccc2)[C@H](C)CN(C)C)cc1. The molecule has 0 aliphatic rings. The van der Waals surface area contributed by atoms with Gasteiger partial charge in [0.2, 0.25) is 0 Å². The molecule has 21 heavy (non-hydrogen) atoms.